The molecule has 0 radical (unpaired) electrons. The summed E-state index contributed by atoms with van der Waals surface area (Å²) in [6.45, 7) is 0.806. The number of carbonyl (C=O) groups excluding carboxylic acids is 1. The van der Waals surface area contributed by atoms with Crippen LogP contribution in [0.4, 0.5) is 10.6 Å². The van der Waals surface area contributed by atoms with Gasteiger partial charge in [0.25, 0.3) is 10.0 Å². The lowest BCUT2D eigenvalue weighted by Gasteiger charge is -2.24. The molecule has 0 bridgehead atoms. The quantitative estimate of drug-likeness (QED) is 0.650. The van der Waals surface area contributed by atoms with Gasteiger partial charge in [-0.1, -0.05) is 0 Å². The number of rotatable bonds is 4. The Hall–Kier alpha value is -2.66. The highest BCUT2D eigenvalue weighted by Crippen LogP contribution is 2.36. The highest BCUT2D eigenvalue weighted by Gasteiger charge is 2.31. The molecule has 5 rings (SSSR count). The minimum atomic E-state index is -4.15. The predicted molar refractivity (Wildman–Crippen MR) is 108 cm³/mol. The van der Waals surface area contributed by atoms with Crippen LogP contribution in [-0.4, -0.2) is 48.9 Å². The van der Waals surface area contributed by atoms with Gasteiger partial charge in [-0.25, -0.2) is 27.6 Å². The number of likely N-dealkylation sites (N-methyl/N-ethyl adjacent to an activating group) is 1. The zero-order chi connectivity index (χ0) is 20.9. The van der Waals surface area contributed by atoms with Gasteiger partial charge in [-0.15, -0.1) is 0 Å². The topological polar surface area (TPSA) is 127 Å². The molecule has 160 valence electrons. The lowest BCUT2D eigenvalue weighted by Crippen LogP contribution is -2.40. The van der Waals surface area contributed by atoms with Crippen LogP contribution in [0.5, 0.6) is 5.88 Å². The molecule has 1 aliphatic heterocycles. The number of urea groups is 1. The summed E-state index contributed by atoms with van der Waals surface area (Å²) < 4.78 is 34.7. The van der Waals surface area contributed by atoms with Gasteiger partial charge in [-0.2, -0.15) is 5.10 Å². The van der Waals surface area contributed by atoms with Crippen molar-refractivity contribution in [2.24, 2.45) is 0 Å². The number of amides is 2. The number of aromatic nitrogens is 3. The van der Waals surface area contributed by atoms with Crippen molar-refractivity contribution in [2.75, 3.05) is 19.0 Å². The molecule has 0 aromatic carbocycles. The Morgan fingerprint density at radius 1 is 1.17 bits per heavy atom. The normalized spacial score (nSPS) is 19.6. The molecular weight excluding hydrogens is 408 g/mol. The Labute approximate surface area is 174 Å². The van der Waals surface area contributed by atoms with E-state index in [1.54, 1.807) is 7.05 Å². The molecule has 1 unspecified atom stereocenters. The predicted octanol–water partition coefficient (Wildman–Crippen LogP) is 0.746. The van der Waals surface area contributed by atoms with Crippen molar-refractivity contribution in [3.63, 3.8) is 0 Å². The van der Waals surface area contributed by atoms with Gasteiger partial charge < -0.3 is 10.1 Å². The summed E-state index contributed by atoms with van der Waals surface area (Å²) >= 11 is 0. The second kappa shape index (κ2) is 7.24. The molecule has 0 saturated heterocycles. The van der Waals surface area contributed by atoms with Gasteiger partial charge >= 0.3 is 6.03 Å². The van der Waals surface area contributed by atoms with Crippen molar-refractivity contribution in [2.45, 2.75) is 56.0 Å². The lowest BCUT2D eigenvalue weighted by molar-refractivity contribution is 0.184. The first-order valence-corrected chi connectivity index (χ1v) is 11.7. The number of carbonyl (C=O) groups is 1. The van der Waals surface area contributed by atoms with Gasteiger partial charge in [0.1, 0.15) is 12.4 Å². The van der Waals surface area contributed by atoms with E-state index >= 15 is 0 Å². The zero-order valence-electron chi connectivity index (χ0n) is 16.7. The van der Waals surface area contributed by atoms with Crippen LogP contribution >= 0.6 is 0 Å². The van der Waals surface area contributed by atoms with Gasteiger partial charge in [0.2, 0.25) is 5.88 Å². The van der Waals surface area contributed by atoms with Gasteiger partial charge in [0.15, 0.2) is 4.90 Å². The van der Waals surface area contributed by atoms with Crippen molar-refractivity contribution in [1.29, 1.82) is 0 Å². The number of pyridine rings is 1. The monoisotopic (exact) mass is 432 g/mol. The molecule has 0 saturated carbocycles. The third-order valence-corrected chi connectivity index (χ3v) is 7.35. The Balaban J connectivity index is 1.36. The molecular formula is C19H24N6O4S. The molecule has 3 heterocycles. The number of hydrogen-bond acceptors (Lipinski definition) is 7. The van der Waals surface area contributed by atoms with Crippen LogP contribution in [-0.2, 0) is 42.3 Å². The number of nitrogens with zero attached hydrogens (tertiary/aromatic N) is 3. The minimum Gasteiger partial charge on any atom is -0.475 e. The number of sulfonamides is 1. The fourth-order valence-corrected chi connectivity index (χ4v) is 5.55. The third-order valence-electron chi connectivity index (χ3n) is 6.03. The molecule has 0 spiro atoms. The van der Waals surface area contributed by atoms with Crippen molar-refractivity contribution >= 4 is 21.9 Å². The van der Waals surface area contributed by atoms with Crippen molar-refractivity contribution < 1.29 is 17.9 Å². The molecule has 3 N–H and O–H groups in total. The van der Waals surface area contributed by atoms with E-state index in [0.717, 1.165) is 49.8 Å². The maximum absolute atomic E-state index is 12.8. The van der Waals surface area contributed by atoms with Crippen molar-refractivity contribution in [3.8, 4) is 5.88 Å². The molecule has 2 aromatic rings. The van der Waals surface area contributed by atoms with Gasteiger partial charge in [0.05, 0.1) is 18.8 Å². The van der Waals surface area contributed by atoms with Crippen molar-refractivity contribution in [1.82, 2.24) is 24.8 Å². The second-order valence-electron chi connectivity index (χ2n) is 7.90. The molecule has 11 heteroatoms. The molecule has 2 aliphatic carbocycles. The zero-order valence-corrected chi connectivity index (χ0v) is 17.5. The van der Waals surface area contributed by atoms with Crippen LogP contribution < -0.4 is 20.1 Å². The van der Waals surface area contributed by atoms with Crippen molar-refractivity contribution in [3.05, 3.63) is 28.6 Å². The van der Waals surface area contributed by atoms with E-state index in [1.165, 1.54) is 22.0 Å². The average molecular weight is 433 g/mol. The highest BCUT2D eigenvalue weighted by atomic mass is 32.2. The summed E-state index contributed by atoms with van der Waals surface area (Å²) in [6, 6.07) is -0.796. The van der Waals surface area contributed by atoms with E-state index in [9.17, 15) is 13.2 Å². The first-order valence-electron chi connectivity index (χ1n) is 10.2. The second-order valence-corrected chi connectivity index (χ2v) is 9.55. The largest absolute Gasteiger partial charge is 0.475 e. The van der Waals surface area contributed by atoms with E-state index in [2.05, 4.69) is 25.4 Å². The first kappa shape index (κ1) is 19.3. The highest BCUT2D eigenvalue weighted by molar-refractivity contribution is 7.90. The van der Waals surface area contributed by atoms with E-state index in [1.807, 2.05) is 0 Å². The summed E-state index contributed by atoms with van der Waals surface area (Å²) in [5.41, 5.74) is 4.66. The Morgan fingerprint density at radius 2 is 1.93 bits per heavy atom. The molecule has 2 amide bonds. The van der Waals surface area contributed by atoms with Crippen LogP contribution in [0.3, 0.4) is 0 Å². The fraction of sp³-hybridized carbons (Fsp3) is 0.526. The SMILES string of the molecule is CNC1COc2c(S(=O)(=O)NC(=O)Nc3nc4c(c5c3CCC5)CCC4)cnn2C1. The Morgan fingerprint density at radius 3 is 2.77 bits per heavy atom. The Kier molecular flexibility index (Phi) is 4.66. The van der Waals surface area contributed by atoms with E-state index in [4.69, 9.17) is 4.74 Å². The minimum absolute atomic E-state index is 0.0391. The molecule has 1 atom stereocenters. The lowest BCUT2D eigenvalue weighted by atomic mass is 10.0. The van der Waals surface area contributed by atoms with E-state index in [0.29, 0.717) is 19.0 Å². The Bertz CT molecular complexity index is 1130. The number of fused-ring (bicyclic) bond motifs is 4. The van der Waals surface area contributed by atoms with Crippen LogP contribution in [0.25, 0.3) is 0 Å². The van der Waals surface area contributed by atoms with E-state index < -0.39 is 16.1 Å². The molecule has 3 aliphatic rings. The summed E-state index contributed by atoms with van der Waals surface area (Å²) in [5.74, 6) is 0.611. The van der Waals surface area contributed by atoms with Gasteiger partial charge in [-0.05, 0) is 62.3 Å². The standard InChI is InChI=1S/C19H24N6O4S/c1-20-11-9-25-18(29-10-11)16(8-21-25)30(27,28)24-19(26)23-17-14-6-2-4-12(14)13-5-3-7-15(13)22-17/h8,11,20H,2-7,9-10H2,1H3,(H2,22,23,24,26). The fourth-order valence-electron chi connectivity index (χ4n) is 4.56. The number of nitrogens with one attached hydrogen (secondary N) is 3. The number of anilines is 1. The molecule has 2 aromatic heterocycles. The number of ether oxygens (including phenoxy) is 1. The van der Waals surface area contributed by atoms with Crippen LogP contribution in [0.1, 0.15) is 35.2 Å². The summed E-state index contributed by atoms with van der Waals surface area (Å²) in [7, 11) is -2.34. The van der Waals surface area contributed by atoms with Gasteiger partial charge in [-0.3, -0.25) is 5.32 Å². The number of aryl methyl sites for hydroxylation is 1. The first-order chi connectivity index (χ1) is 14.5. The maximum atomic E-state index is 12.8. The van der Waals surface area contributed by atoms with Crippen LogP contribution in [0, 0.1) is 0 Å². The smallest absolute Gasteiger partial charge is 0.334 e. The summed E-state index contributed by atoms with van der Waals surface area (Å²) in [5, 5.41) is 9.82. The van der Waals surface area contributed by atoms with E-state index in [-0.39, 0.29) is 16.8 Å². The van der Waals surface area contributed by atoms with Crippen LogP contribution in [0.15, 0.2) is 11.1 Å². The molecule has 30 heavy (non-hydrogen) atoms. The molecule has 10 nitrogen and oxygen atoms in total. The van der Waals surface area contributed by atoms with Crippen LogP contribution in [0.2, 0.25) is 0 Å². The average Bonchev–Trinajstić information content (AvgIpc) is 3.44. The van der Waals surface area contributed by atoms with Gasteiger partial charge in [0, 0.05) is 5.69 Å². The molecule has 0 fully saturated rings. The third kappa shape index (κ3) is 3.21. The summed E-state index contributed by atoms with van der Waals surface area (Å²) in [6.07, 6.45) is 7.05. The maximum Gasteiger partial charge on any atom is 0.334 e. The summed E-state index contributed by atoms with van der Waals surface area (Å²) in [4.78, 5) is 17.0. The number of hydrogen-bond donors (Lipinski definition) is 3.